The second kappa shape index (κ2) is 9.37. The molecule has 0 aliphatic heterocycles. The minimum Gasteiger partial charge on any atom is -0.466 e. The zero-order chi connectivity index (χ0) is 21.0. The Morgan fingerprint density at radius 2 is 1.97 bits per heavy atom. The van der Waals surface area contributed by atoms with Gasteiger partial charge in [-0.25, -0.2) is 4.98 Å². The zero-order valence-corrected chi connectivity index (χ0v) is 18.0. The second-order valence-electron chi connectivity index (χ2n) is 8.03. The quantitative estimate of drug-likeness (QED) is 0.497. The first-order valence-corrected chi connectivity index (χ1v) is 10.7. The van der Waals surface area contributed by atoms with Gasteiger partial charge in [0.2, 0.25) is 0 Å². The summed E-state index contributed by atoms with van der Waals surface area (Å²) in [6.07, 6.45) is 5.70. The molecule has 7 heteroatoms. The highest BCUT2D eigenvalue weighted by atomic mass is 16.5. The SMILES string of the molecule is CCOC(=O)CC1CCC(CN(CC)c2nc3c(cc2C=O)c(C)nn3C)CC1. The first-order valence-electron chi connectivity index (χ1n) is 10.7. The summed E-state index contributed by atoms with van der Waals surface area (Å²) in [7, 11) is 1.88. The van der Waals surface area contributed by atoms with Crippen molar-refractivity contribution in [1.82, 2.24) is 14.8 Å². The molecular weight excluding hydrogens is 368 g/mol. The third-order valence-electron chi connectivity index (χ3n) is 6.02. The first kappa shape index (κ1) is 21.3. The van der Waals surface area contributed by atoms with E-state index in [2.05, 4.69) is 16.9 Å². The molecule has 1 fully saturated rings. The molecule has 2 aromatic heterocycles. The van der Waals surface area contributed by atoms with Crippen LogP contribution >= 0.6 is 0 Å². The second-order valence-corrected chi connectivity index (χ2v) is 8.03. The number of carbonyl (C=O) groups is 2. The van der Waals surface area contributed by atoms with E-state index >= 15 is 0 Å². The topological polar surface area (TPSA) is 77.3 Å². The Labute approximate surface area is 172 Å². The molecule has 29 heavy (non-hydrogen) atoms. The number of fused-ring (bicyclic) bond motifs is 1. The summed E-state index contributed by atoms with van der Waals surface area (Å²) >= 11 is 0. The summed E-state index contributed by atoms with van der Waals surface area (Å²) in [5.74, 6) is 1.63. The maximum atomic E-state index is 11.8. The van der Waals surface area contributed by atoms with Crippen molar-refractivity contribution in [3.8, 4) is 0 Å². The number of ether oxygens (including phenoxy) is 1. The number of hydrogen-bond donors (Lipinski definition) is 0. The number of aryl methyl sites for hydroxylation is 2. The van der Waals surface area contributed by atoms with Crippen LogP contribution in [0.4, 0.5) is 5.82 Å². The lowest BCUT2D eigenvalue weighted by molar-refractivity contribution is -0.144. The molecule has 0 N–H and O–H groups in total. The van der Waals surface area contributed by atoms with E-state index in [4.69, 9.17) is 9.72 Å². The molecule has 1 aliphatic rings. The number of carbonyl (C=O) groups excluding carboxylic acids is 2. The Morgan fingerprint density at radius 1 is 1.28 bits per heavy atom. The molecule has 0 radical (unpaired) electrons. The molecule has 0 unspecified atom stereocenters. The van der Waals surface area contributed by atoms with E-state index in [1.807, 2.05) is 27.0 Å². The average Bonchev–Trinajstić information content (AvgIpc) is 2.99. The number of aromatic nitrogens is 3. The molecule has 7 nitrogen and oxygen atoms in total. The van der Waals surface area contributed by atoms with Crippen molar-refractivity contribution in [2.45, 2.75) is 52.9 Å². The van der Waals surface area contributed by atoms with Gasteiger partial charge in [-0.05, 0) is 64.4 Å². The Kier molecular flexibility index (Phi) is 6.87. The lowest BCUT2D eigenvalue weighted by atomic mass is 9.80. The van der Waals surface area contributed by atoms with Crippen LogP contribution in [0.3, 0.4) is 0 Å². The van der Waals surface area contributed by atoms with E-state index in [0.717, 1.165) is 67.6 Å². The maximum absolute atomic E-state index is 11.8. The molecule has 2 aromatic rings. The average molecular weight is 401 g/mol. The normalized spacial score (nSPS) is 19.3. The van der Waals surface area contributed by atoms with E-state index < -0.39 is 0 Å². The highest BCUT2D eigenvalue weighted by Crippen LogP contribution is 2.33. The summed E-state index contributed by atoms with van der Waals surface area (Å²) in [6.45, 7) is 8.00. The lowest BCUT2D eigenvalue weighted by Gasteiger charge is -2.33. The smallest absolute Gasteiger partial charge is 0.306 e. The van der Waals surface area contributed by atoms with Gasteiger partial charge in [-0.2, -0.15) is 5.10 Å². The summed E-state index contributed by atoms with van der Waals surface area (Å²) in [6, 6.07) is 1.91. The van der Waals surface area contributed by atoms with Crippen molar-refractivity contribution >= 4 is 29.1 Å². The molecule has 0 bridgehead atoms. The standard InChI is InChI=1S/C22H32N4O3/c1-5-26(13-17-9-7-16(8-10-17)11-20(28)29-6-2)21-18(14-27)12-19-15(3)24-25(4)22(19)23-21/h12,14,16-17H,5-11,13H2,1-4H3. The maximum Gasteiger partial charge on any atom is 0.306 e. The van der Waals surface area contributed by atoms with Gasteiger partial charge >= 0.3 is 5.97 Å². The highest BCUT2D eigenvalue weighted by Gasteiger charge is 2.26. The number of anilines is 1. The lowest BCUT2D eigenvalue weighted by Crippen LogP contribution is -2.33. The van der Waals surface area contributed by atoms with Crippen LogP contribution in [0.1, 0.15) is 62.0 Å². The van der Waals surface area contributed by atoms with Crippen molar-refractivity contribution in [3.63, 3.8) is 0 Å². The minimum atomic E-state index is -0.0780. The van der Waals surface area contributed by atoms with E-state index in [-0.39, 0.29) is 5.97 Å². The largest absolute Gasteiger partial charge is 0.466 e. The Bertz CT molecular complexity index is 869. The number of pyridine rings is 1. The van der Waals surface area contributed by atoms with Gasteiger partial charge in [0.05, 0.1) is 17.9 Å². The van der Waals surface area contributed by atoms with Crippen molar-refractivity contribution in [1.29, 1.82) is 0 Å². The summed E-state index contributed by atoms with van der Waals surface area (Å²) in [5, 5.41) is 5.36. The predicted molar refractivity (Wildman–Crippen MR) is 113 cm³/mol. The van der Waals surface area contributed by atoms with Gasteiger partial charge in [0.1, 0.15) is 5.82 Å². The molecular formula is C22H32N4O3. The monoisotopic (exact) mass is 400 g/mol. The van der Waals surface area contributed by atoms with Crippen LogP contribution in [0.25, 0.3) is 11.0 Å². The summed E-state index contributed by atoms with van der Waals surface area (Å²) in [4.78, 5) is 30.5. The van der Waals surface area contributed by atoms with Crippen LogP contribution in [0.15, 0.2) is 6.07 Å². The third-order valence-corrected chi connectivity index (χ3v) is 6.02. The van der Waals surface area contributed by atoms with Crippen molar-refractivity contribution in [2.24, 2.45) is 18.9 Å². The van der Waals surface area contributed by atoms with Crippen LogP contribution < -0.4 is 4.90 Å². The minimum absolute atomic E-state index is 0.0780. The van der Waals surface area contributed by atoms with E-state index in [1.54, 1.807) is 4.68 Å². The van der Waals surface area contributed by atoms with Crippen LogP contribution in [-0.4, -0.2) is 46.7 Å². The first-order chi connectivity index (χ1) is 14.0. The van der Waals surface area contributed by atoms with Gasteiger partial charge in [-0.3, -0.25) is 14.3 Å². The van der Waals surface area contributed by atoms with Crippen molar-refractivity contribution in [2.75, 3.05) is 24.6 Å². The molecule has 0 aromatic carbocycles. The molecule has 0 amide bonds. The number of hydrogen-bond acceptors (Lipinski definition) is 6. The molecule has 0 saturated heterocycles. The number of esters is 1. The van der Waals surface area contributed by atoms with Gasteiger partial charge < -0.3 is 9.64 Å². The predicted octanol–water partition coefficient (Wildman–Crippen LogP) is 3.68. The number of rotatable bonds is 8. The van der Waals surface area contributed by atoms with Crippen molar-refractivity contribution in [3.05, 3.63) is 17.3 Å². The van der Waals surface area contributed by atoms with E-state index in [9.17, 15) is 9.59 Å². The van der Waals surface area contributed by atoms with Gasteiger partial charge in [-0.15, -0.1) is 0 Å². The van der Waals surface area contributed by atoms with Gasteiger partial charge in [0.15, 0.2) is 11.9 Å². The van der Waals surface area contributed by atoms with Crippen LogP contribution in [-0.2, 0) is 16.6 Å². The molecule has 2 heterocycles. The molecule has 1 saturated carbocycles. The molecule has 0 spiro atoms. The van der Waals surface area contributed by atoms with E-state index in [0.29, 0.717) is 30.4 Å². The van der Waals surface area contributed by atoms with Crippen LogP contribution in [0.5, 0.6) is 0 Å². The van der Waals surface area contributed by atoms with Crippen LogP contribution in [0.2, 0.25) is 0 Å². The van der Waals surface area contributed by atoms with Gasteiger partial charge in [0.25, 0.3) is 0 Å². The molecule has 0 atom stereocenters. The molecule has 3 rings (SSSR count). The van der Waals surface area contributed by atoms with Gasteiger partial charge in [0, 0.05) is 31.9 Å². The van der Waals surface area contributed by atoms with E-state index in [1.165, 1.54) is 0 Å². The third kappa shape index (κ3) is 4.77. The van der Waals surface area contributed by atoms with Crippen LogP contribution in [0, 0.1) is 18.8 Å². The fraction of sp³-hybridized carbons (Fsp3) is 0.636. The highest BCUT2D eigenvalue weighted by molar-refractivity contribution is 5.91. The Morgan fingerprint density at radius 3 is 2.59 bits per heavy atom. The van der Waals surface area contributed by atoms with Gasteiger partial charge in [-0.1, -0.05) is 0 Å². The van der Waals surface area contributed by atoms with Crippen molar-refractivity contribution < 1.29 is 14.3 Å². The summed E-state index contributed by atoms with van der Waals surface area (Å²) in [5.41, 5.74) is 2.30. The molecule has 158 valence electrons. The fourth-order valence-electron chi connectivity index (χ4n) is 4.44. The Hall–Kier alpha value is -2.44. The number of aldehydes is 1. The Balaban J connectivity index is 1.70. The molecule has 1 aliphatic carbocycles. The summed E-state index contributed by atoms with van der Waals surface area (Å²) < 4.78 is 6.86. The zero-order valence-electron chi connectivity index (χ0n) is 18.0. The number of nitrogens with zero attached hydrogens (tertiary/aromatic N) is 4. The fourth-order valence-corrected chi connectivity index (χ4v) is 4.44.